The average molecular weight is 724 g/mol. The van der Waals surface area contributed by atoms with Crippen LogP contribution >= 0.6 is 11.3 Å². The van der Waals surface area contributed by atoms with Crippen LogP contribution in [0.3, 0.4) is 0 Å². The Kier molecular flexibility index (Phi) is 6.27. The van der Waals surface area contributed by atoms with E-state index < -0.39 is 0 Å². The lowest BCUT2D eigenvalue weighted by atomic mass is 9.82. The number of fused-ring (bicyclic) bond motifs is 13. The Morgan fingerprint density at radius 2 is 1.13 bits per heavy atom. The van der Waals surface area contributed by atoms with Gasteiger partial charge in [-0.25, -0.2) is 0 Å². The molecule has 12 rings (SSSR count). The highest BCUT2D eigenvalue weighted by Gasteiger charge is 2.36. The van der Waals surface area contributed by atoms with Crippen LogP contribution in [0.5, 0.6) is 0 Å². The maximum atomic E-state index is 7.17. The Morgan fingerprint density at radius 1 is 0.455 bits per heavy atom. The van der Waals surface area contributed by atoms with Crippen LogP contribution in [-0.2, 0) is 5.41 Å². The molecule has 0 unspecified atom stereocenters. The quantitative estimate of drug-likeness (QED) is 0.181. The van der Waals surface area contributed by atoms with Gasteiger partial charge < -0.3 is 13.7 Å². The molecule has 4 heteroatoms. The molecule has 55 heavy (non-hydrogen) atoms. The Hall–Kier alpha value is -6.62. The number of hydrogen-bond donors (Lipinski definition) is 0. The summed E-state index contributed by atoms with van der Waals surface area (Å²) in [5.74, 6) is 0. The molecule has 11 aromatic rings. The van der Waals surface area contributed by atoms with E-state index in [1.807, 2.05) is 29.5 Å². The van der Waals surface area contributed by atoms with Gasteiger partial charge in [-0.2, -0.15) is 0 Å². The Labute approximate surface area is 321 Å². The molecule has 0 aliphatic heterocycles. The number of anilines is 3. The van der Waals surface area contributed by atoms with E-state index in [-0.39, 0.29) is 5.41 Å². The van der Waals surface area contributed by atoms with Crippen LogP contribution in [0.4, 0.5) is 17.1 Å². The first-order valence-corrected chi connectivity index (χ1v) is 19.7. The number of hydrogen-bond acceptors (Lipinski definition) is 4. The number of nitrogens with zero attached hydrogens (tertiary/aromatic N) is 1. The minimum absolute atomic E-state index is 0.158. The van der Waals surface area contributed by atoms with E-state index in [1.54, 1.807) is 0 Å². The summed E-state index contributed by atoms with van der Waals surface area (Å²) in [6.07, 6.45) is 0. The molecule has 0 saturated carbocycles. The zero-order chi connectivity index (χ0) is 36.4. The van der Waals surface area contributed by atoms with E-state index in [4.69, 9.17) is 8.83 Å². The first-order valence-electron chi connectivity index (χ1n) is 18.8. The summed E-state index contributed by atoms with van der Waals surface area (Å²) in [5, 5.41) is 6.86. The fourth-order valence-corrected chi connectivity index (χ4v) is 10.6. The molecule has 0 saturated heterocycles. The number of para-hydroxylation sites is 2. The summed E-state index contributed by atoms with van der Waals surface area (Å²) in [7, 11) is 0. The summed E-state index contributed by atoms with van der Waals surface area (Å²) < 4.78 is 16.1. The molecule has 0 spiro atoms. The number of benzene rings is 8. The van der Waals surface area contributed by atoms with Crippen molar-refractivity contribution < 1.29 is 8.83 Å². The van der Waals surface area contributed by atoms with Crippen LogP contribution < -0.4 is 4.90 Å². The van der Waals surface area contributed by atoms with Gasteiger partial charge in [-0.3, -0.25) is 0 Å². The molecule has 0 atom stereocenters. The van der Waals surface area contributed by atoms with Crippen molar-refractivity contribution in [3.05, 3.63) is 175 Å². The normalized spacial score (nSPS) is 13.4. The van der Waals surface area contributed by atoms with Crippen molar-refractivity contribution in [1.82, 2.24) is 0 Å². The highest BCUT2D eigenvalue weighted by molar-refractivity contribution is 7.26. The minimum atomic E-state index is -0.158. The predicted molar refractivity (Wildman–Crippen MR) is 232 cm³/mol. The van der Waals surface area contributed by atoms with Gasteiger partial charge in [0.1, 0.15) is 16.7 Å². The molecule has 1 aliphatic rings. The smallest absolute Gasteiger partial charge is 0.160 e. The van der Waals surface area contributed by atoms with E-state index in [2.05, 4.69) is 164 Å². The van der Waals surface area contributed by atoms with Crippen LogP contribution in [0.2, 0.25) is 0 Å². The molecule has 0 fully saturated rings. The molecule has 1 aliphatic carbocycles. The third-order valence-electron chi connectivity index (χ3n) is 11.9. The standard InChI is InChI=1S/C51H33NO2S/c1-51(2)40-20-9-6-15-32(40)33-24-23-31(29-41(33)51)52(30-13-4-3-5-14-30)48-35(37-19-12-18-36-34-16-8-11-22-45(34)55-50(36)37)25-26-39-47-44(54-49(39)48)28-27-43-46(47)38-17-7-10-21-42(38)53-43/h3-29H,1-2H3. The molecular formula is C51H33NO2S. The van der Waals surface area contributed by atoms with Crippen LogP contribution in [0.15, 0.2) is 173 Å². The Bertz CT molecular complexity index is 3360. The molecule has 3 nitrogen and oxygen atoms in total. The minimum Gasteiger partial charge on any atom is -0.456 e. The highest BCUT2D eigenvalue weighted by atomic mass is 32.1. The third kappa shape index (κ3) is 4.26. The van der Waals surface area contributed by atoms with Crippen molar-refractivity contribution in [3.8, 4) is 22.3 Å². The van der Waals surface area contributed by atoms with E-state index in [0.717, 1.165) is 66.5 Å². The number of furan rings is 2. The summed E-state index contributed by atoms with van der Waals surface area (Å²) in [6, 6.07) is 59.1. The van der Waals surface area contributed by atoms with Gasteiger partial charge in [-0.05, 0) is 76.9 Å². The molecular weight excluding hydrogens is 691 g/mol. The Morgan fingerprint density at radius 3 is 2.02 bits per heavy atom. The molecule has 8 aromatic carbocycles. The van der Waals surface area contributed by atoms with Crippen LogP contribution in [0.25, 0.3) is 86.3 Å². The molecule has 260 valence electrons. The van der Waals surface area contributed by atoms with E-state index in [9.17, 15) is 0 Å². The van der Waals surface area contributed by atoms with E-state index in [0.29, 0.717) is 0 Å². The van der Waals surface area contributed by atoms with Crippen molar-refractivity contribution in [3.63, 3.8) is 0 Å². The van der Waals surface area contributed by atoms with Crippen LogP contribution in [0, 0.1) is 0 Å². The van der Waals surface area contributed by atoms with Crippen molar-refractivity contribution in [2.24, 2.45) is 0 Å². The second kappa shape index (κ2) is 11.2. The van der Waals surface area contributed by atoms with Crippen molar-refractivity contribution in [2.45, 2.75) is 19.3 Å². The second-order valence-corrected chi connectivity index (χ2v) is 16.3. The van der Waals surface area contributed by atoms with Crippen molar-refractivity contribution in [2.75, 3.05) is 4.90 Å². The molecule has 0 bridgehead atoms. The molecule has 3 heterocycles. The zero-order valence-corrected chi connectivity index (χ0v) is 31.1. The first kappa shape index (κ1) is 30.8. The Balaban J connectivity index is 1.22. The SMILES string of the molecule is CC1(C)c2ccccc2-c2ccc(N(c3ccccc3)c3c(-c4cccc5c4sc4ccccc45)ccc4c3oc3ccc5oc6ccccc6c5c34)cc21. The van der Waals surface area contributed by atoms with Gasteiger partial charge >= 0.3 is 0 Å². The van der Waals surface area contributed by atoms with Gasteiger partial charge in [-0.1, -0.05) is 123 Å². The monoisotopic (exact) mass is 723 g/mol. The topological polar surface area (TPSA) is 29.5 Å². The highest BCUT2D eigenvalue weighted by Crippen LogP contribution is 2.54. The third-order valence-corrected chi connectivity index (χ3v) is 13.1. The van der Waals surface area contributed by atoms with E-state index >= 15 is 0 Å². The van der Waals surface area contributed by atoms with E-state index in [1.165, 1.54) is 48.0 Å². The van der Waals surface area contributed by atoms with Crippen LogP contribution in [-0.4, -0.2) is 0 Å². The van der Waals surface area contributed by atoms with Crippen LogP contribution in [0.1, 0.15) is 25.0 Å². The number of thiophene rings is 1. The maximum absolute atomic E-state index is 7.17. The van der Waals surface area contributed by atoms with Gasteiger partial charge in [0.05, 0.1) is 5.69 Å². The summed E-state index contributed by atoms with van der Waals surface area (Å²) in [6.45, 7) is 4.70. The summed E-state index contributed by atoms with van der Waals surface area (Å²) in [4.78, 5) is 2.43. The lowest BCUT2D eigenvalue weighted by Crippen LogP contribution is -2.17. The summed E-state index contributed by atoms with van der Waals surface area (Å²) >= 11 is 1.86. The van der Waals surface area contributed by atoms with Gasteiger partial charge in [0.15, 0.2) is 5.58 Å². The maximum Gasteiger partial charge on any atom is 0.160 e. The fraction of sp³-hybridized carbons (Fsp3) is 0.0588. The molecule has 0 radical (unpaired) electrons. The molecule has 0 amide bonds. The second-order valence-electron chi connectivity index (χ2n) is 15.2. The largest absolute Gasteiger partial charge is 0.456 e. The fourth-order valence-electron chi connectivity index (χ4n) is 9.35. The van der Waals surface area contributed by atoms with Gasteiger partial charge in [-0.15, -0.1) is 11.3 Å². The van der Waals surface area contributed by atoms with Crippen molar-refractivity contribution in [1.29, 1.82) is 0 Å². The zero-order valence-electron chi connectivity index (χ0n) is 30.3. The molecule has 0 N–H and O–H groups in total. The first-order chi connectivity index (χ1) is 27.0. The van der Waals surface area contributed by atoms with Gasteiger partial charge in [0.25, 0.3) is 0 Å². The lowest BCUT2D eigenvalue weighted by molar-refractivity contribution is 0.660. The predicted octanol–water partition coefficient (Wildman–Crippen LogP) is 15.3. The number of rotatable bonds is 4. The lowest BCUT2D eigenvalue weighted by Gasteiger charge is -2.30. The summed E-state index contributed by atoms with van der Waals surface area (Å²) in [5.41, 5.74) is 14.0. The van der Waals surface area contributed by atoms with Crippen molar-refractivity contribution >= 4 is 92.4 Å². The van der Waals surface area contributed by atoms with Gasteiger partial charge in [0, 0.05) is 69.6 Å². The van der Waals surface area contributed by atoms with Gasteiger partial charge in [0.2, 0.25) is 0 Å². The molecule has 3 aromatic heterocycles. The average Bonchev–Trinajstić information content (AvgIpc) is 3.97.